The van der Waals surface area contributed by atoms with Gasteiger partial charge in [0.05, 0.1) is 71.2 Å². The SMILES string of the molecule is COCCOCCOCCOCCC1(C)/C(=C\C=C\C2=[N+](CCCCCC(=O)NN)c3ccc4c(S(=O)(=O)[O-])cc(S(=O)(=O)[O-])cc4c3C2(C)C)N(CCOC)c2ccc3c(S(=O)(=O)[O-])cc(S(=O)(=O)[O-])cc3c21. The van der Waals surface area contributed by atoms with E-state index in [2.05, 4.69) is 5.43 Å². The second-order valence-electron chi connectivity index (χ2n) is 18.3. The molecule has 0 aromatic heterocycles. The van der Waals surface area contributed by atoms with Crippen LogP contribution in [0.15, 0.2) is 92.0 Å². The molecule has 26 heteroatoms. The van der Waals surface area contributed by atoms with Gasteiger partial charge >= 0.3 is 0 Å². The fraction of sp³-hybridized carbons (Fsp3) is 0.458. The minimum absolute atomic E-state index is 0.0191. The molecule has 0 aliphatic carbocycles. The van der Waals surface area contributed by atoms with Crippen LogP contribution in [0.2, 0.25) is 0 Å². The lowest BCUT2D eigenvalue weighted by Gasteiger charge is -2.31. The first-order valence-electron chi connectivity index (χ1n) is 23.3. The number of allylic oxidation sites excluding steroid dienone is 4. The number of hydrogen-bond donors (Lipinski definition) is 2. The summed E-state index contributed by atoms with van der Waals surface area (Å²) < 4.78 is 181. The molecule has 2 aliphatic rings. The van der Waals surface area contributed by atoms with Crippen LogP contribution in [-0.2, 0) is 79.8 Å². The Morgan fingerprint density at radius 2 is 1.19 bits per heavy atom. The first-order valence-corrected chi connectivity index (χ1v) is 28.9. The monoisotopic (exact) mass is 1110 g/mol. The lowest BCUT2D eigenvalue weighted by molar-refractivity contribution is -0.438. The zero-order valence-electron chi connectivity index (χ0n) is 41.4. The third-order valence-corrected chi connectivity index (χ3v) is 16.5. The van der Waals surface area contributed by atoms with Crippen molar-refractivity contribution in [2.75, 3.05) is 85.1 Å². The van der Waals surface area contributed by atoms with Gasteiger partial charge in [-0.3, -0.25) is 10.2 Å². The number of unbranched alkanes of at least 4 members (excludes halogenated alkanes) is 2. The standard InChI is InChI=1S/C48H62N4O18S4/c1-47(2)42(51(18-8-6-7-12-44(53)50-49)38-15-13-34-36(45(38)47)28-32(71(54,55)56)30-40(34)73(60,61)62)10-9-11-43-48(3,17-20-68-24-25-70-27-26-69-23-22-67-5)46-37-29-33(72(57,58)59)31-41(74(63,64)65)35(37)14-16-39(46)52(43)19-21-66-4/h9-11,13-16,28-31H,6-8,12,17-27,49H2,1-5H3,(H4-,50,53,54,55,56,57,58,59,60,61,62,63,64,65)/p-3. The lowest BCUT2D eigenvalue weighted by atomic mass is 9.76. The number of benzene rings is 4. The molecule has 2 aliphatic heterocycles. The first kappa shape index (κ1) is 58.5. The Hall–Kier alpha value is -4.78. The molecule has 0 radical (unpaired) electrons. The Kier molecular flexibility index (Phi) is 18.7. The van der Waals surface area contributed by atoms with Gasteiger partial charge in [0.2, 0.25) is 11.6 Å². The van der Waals surface area contributed by atoms with Crippen molar-refractivity contribution >= 4 is 85.0 Å². The first-order chi connectivity index (χ1) is 34.7. The van der Waals surface area contributed by atoms with Crippen LogP contribution in [0.3, 0.4) is 0 Å². The molecule has 0 bridgehead atoms. The maximum absolute atomic E-state index is 12.7. The number of nitrogens with two attached hydrogens (primary N) is 1. The third-order valence-electron chi connectivity index (χ3n) is 13.2. The highest BCUT2D eigenvalue weighted by Gasteiger charge is 2.47. The van der Waals surface area contributed by atoms with E-state index >= 15 is 0 Å². The fourth-order valence-corrected chi connectivity index (χ4v) is 12.4. The predicted molar refractivity (Wildman–Crippen MR) is 266 cm³/mol. The minimum Gasteiger partial charge on any atom is -0.744 e. The van der Waals surface area contributed by atoms with Gasteiger partial charge in [-0.2, -0.15) is 4.58 Å². The van der Waals surface area contributed by atoms with Crippen molar-refractivity contribution in [1.82, 2.24) is 5.43 Å². The average Bonchev–Trinajstić information content (AvgIpc) is 3.69. The van der Waals surface area contributed by atoms with Gasteiger partial charge < -0.3 is 46.8 Å². The van der Waals surface area contributed by atoms with Crippen molar-refractivity contribution in [3.63, 3.8) is 0 Å². The van der Waals surface area contributed by atoms with Crippen molar-refractivity contribution < 1.29 is 84.9 Å². The Bertz CT molecular complexity index is 3340. The number of fused-ring (bicyclic) bond motifs is 6. The maximum Gasteiger partial charge on any atom is 0.233 e. The number of carbonyl (C=O) groups excluding carboxylic acids is 1. The van der Waals surface area contributed by atoms with Gasteiger partial charge in [-0.15, -0.1) is 0 Å². The number of ether oxygens (including phenoxy) is 5. The molecule has 4 aromatic carbocycles. The van der Waals surface area contributed by atoms with Crippen molar-refractivity contribution in [3.05, 3.63) is 83.6 Å². The van der Waals surface area contributed by atoms with Crippen molar-refractivity contribution in [2.45, 2.75) is 83.3 Å². The Morgan fingerprint density at radius 3 is 1.72 bits per heavy atom. The number of rotatable bonds is 27. The van der Waals surface area contributed by atoms with Crippen molar-refractivity contribution in [3.8, 4) is 0 Å². The smallest absolute Gasteiger partial charge is 0.233 e. The number of amides is 1. The zero-order chi connectivity index (χ0) is 54.4. The summed E-state index contributed by atoms with van der Waals surface area (Å²) in [5.41, 5.74) is 2.79. The van der Waals surface area contributed by atoms with E-state index in [0.717, 1.165) is 12.1 Å². The fourth-order valence-electron chi connectivity index (χ4n) is 9.75. The summed E-state index contributed by atoms with van der Waals surface area (Å²) in [6.07, 6.45) is 7.18. The van der Waals surface area contributed by atoms with Gasteiger partial charge in [-0.05, 0) is 104 Å². The van der Waals surface area contributed by atoms with Gasteiger partial charge in [0.1, 0.15) is 47.0 Å². The highest BCUT2D eigenvalue weighted by Crippen LogP contribution is 2.54. The number of hydrazine groups is 1. The summed E-state index contributed by atoms with van der Waals surface area (Å²) in [7, 11) is -18.2. The number of carbonyl (C=O) groups is 1. The molecule has 4 aromatic rings. The summed E-state index contributed by atoms with van der Waals surface area (Å²) in [6, 6.07) is 9.20. The molecule has 1 amide bonds. The molecule has 3 N–H and O–H groups in total. The summed E-state index contributed by atoms with van der Waals surface area (Å²) in [5.74, 6) is 4.93. The minimum atomic E-state index is -5.35. The van der Waals surface area contributed by atoms with E-state index in [1.807, 2.05) is 16.4 Å². The van der Waals surface area contributed by atoms with E-state index in [1.54, 1.807) is 51.3 Å². The van der Waals surface area contributed by atoms with Crippen LogP contribution in [0.4, 0.5) is 11.4 Å². The van der Waals surface area contributed by atoms with Crippen LogP contribution in [-0.4, -0.2) is 148 Å². The van der Waals surface area contributed by atoms with E-state index < -0.39 is 70.9 Å². The molecule has 0 saturated heterocycles. The zero-order valence-corrected chi connectivity index (χ0v) is 44.7. The average molecular weight is 1110 g/mol. The molecule has 6 rings (SSSR count). The second kappa shape index (κ2) is 23.6. The molecule has 1 unspecified atom stereocenters. The molecule has 0 spiro atoms. The quantitative estimate of drug-likeness (QED) is 0.0215. The highest BCUT2D eigenvalue weighted by molar-refractivity contribution is 7.87. The van der Waals surface area contributed by atoms with Gasteiger partial charge in [-0.25, -0.2) is 39.5 Å². The molecule has 406 valence electrons. The van der Waals surface area contributed by atoms with E-state index in [1.165, 1.54) is 19.2 Å². The lowest BCUT2D eigenvalue weighted by Crippen LogP contribution is -2.32. The number of nitrogens with zero attached hydrogens (tertiary/aromatic N) is 2. The Morgan fingerprint density at radius 1 is 0.662 bits per heavy atom. The molecule has 1 atom stereocenters. The van der Waals surface area contributed by atoms with Gasteiger partial charge in [0, 0.05) is 80.1 Å². The molecular formula is C48H59N4O18S4-3. The number of methoxy groups -OCH3 is 2. The van der Waals surface area contributed by atoms with Crippen molar-refractivity contribution in [1.29, 1.82) is 0 Å². The molecule has 0 saturated carbocycles. The number of anilines is 1. The van der Waals surface area contributed by atoms with Gasteiger partial charge in [0.15, 0.2) is 5.71 Å². The summed E-state index contributed by atoms with van der Waals surface area (Å²) >= 11 is 0. The Balaban J connectivity index is 1.52. The predicted octanol–water partition coefficient (Wildman–Crippen LogP) is 3.49. The normalized spacial score (nSPS) is 17.6. The van der Waals surface area contributed by atoms with Crippen molar-refractivity contribution in [2.24, 2.45) is 5.84 Å². The van der Waals surface area contributed by atoms with Crippen LogP contribution in [0, 0.1) is 0 Å². The summed E-state index contributed by atoms with van der Waals surface area (Å²) in [6.45, 7) is 8.00. The topological polar surface area (TPSA) is 336 Å². The van der Waals surface area contributed by atoms with E-state index in [-0.39, 0.29) is 73.3 Å². The Labute approximate surface area is 431 Å². The molecular weight excluding hydrogens is 1050 g/mol. The van der Waals surface area contributed by atoms with E-state index in [0.29, 0.717) is 98.3 Å². The van der Waals surface area contributed by atoms with Crippen LogP contribution in [0.5, 0.6) is 0 Å². The highest BCUT2D eigenvalue weighted by atomic mass is 32.2. The summed E-state index contributed by atoms with van der Waals surface area (Å²) in [5, 5.41) is -0.148. The van der Waals surface area contributed by atoms with E-state index in [9.17, 15) is 56.7 Å². The van der Waals surface area contributed by atoms with Crippen LogP contribution in [0.25, 0.3) is 21.5 Å². The van der Waals surface area contributed by atoms with Gasteiger partial charge in [-0.1, -0.05) is 12.1 Å². The largest absolute Gasteiger partial charge is 0.744 e. The second-order valence-corrected chi connectivity index (χ2v) is 23.7. The van der Waals surface area contributed by atoms with Crippen LogP contribution < -0.4 is 16.2 Å². The molecule has 0 fully saturated rings. The molecule has 22 nitrogen and oxygen atoms in total. The van der Waals surface area contributed by atoms with Gasteiger partial charge in [0.25, 0.3) is 0 Å². The van der Waals surface area contributed by atoms with Crippen LogP contribution >= 0.6 is 0 Å². The third kappa shape index (κ3) is 12.9. The molecule has 74 heavy (non-hydrogen) atoms. The number of hydrogen-bond acceptors (Lipinski definition) is 20. The van der Waals surface area contributed by atoms with Crippen LogP contribution in [0.1, 0.15) is 64.0 Å². The maximum atomic E-state index is 12.7. The summed E-state index contributed by atoms with van der Waals surface area (Å²) in [4.78, 5) is 10.2. The van der Waals surface area contributed by atoms with E-state index in [4.69, 9.17) is 29.5 Å². The molecule has 2 heterocycles. The number of nitrogens with one attached hydrogen (secondary N) is 1.